The molecule has 13 aromatic rings. The van der Waals surface area contributed by atoms with Crippen LogP contribution < -0.4 is 4.90 Å². The Balaban J connectivity index is 0.970. The molecule has 0 spiro atoms. The van der Waals surface area contributed by atoms with Gasteiger partial charge in [0.05, 0.1) is 10.9 Å². The van der Waals surface area contributed by atoms with E-state index in [0.29, 0.717) is 0 Å². The molecule has 0 aliphatic heterocycles. The second-order valence-corrected chi connectivity index (χ2v) is 18.4. The summed E-state index contributed by atoms with van der Waals surface area (Å²) in [5.41, 5.74) is 19.8. The zero-order valence-corrected chi connectivity index (χ0v) is 38.2. The third-order valence-electron chi connectivity index (χ3n) is 14.7. The number of rotatable bonds is 8. The molecule has 0 fully saturated rings. The minimum atomic E-state index is -0.544. The maximum atomic E-state index is 7.06. The Morgan fingerprint density at radius 2 is 0.900 bits per heavy atom. The molecule has 0 unspecified atom stereocenters. The number of nitrogens with zero attached hydrogens (tertiary/aromatic N) is 2. The highest BCUT2D eigenvalue weighted by atomic mass is 16.3. The summed E-state index contributed by atoms with van der Waals surface area (Å²) in [6.45, 7) is 0. The van der Waals surface area contributed by atoms with Gasteiger partial charge in [0, 0.05) is 39.1 Å². The highest BCUT2D eigenvalue weighted by molar-refractivity contribution is 6.18. The number of aromatic nitrogens is 1. The first-order valence-corrected chi connectivity index (χ1v) is 24.1. The SMILES string of the molecule is c1ccc(-n2c3ccccc3c3oc4c(-c5cccc(N(c6ccc(-c7cccc8ccccc78)cc6)c6cccc(C7(c8ccccc8)c8ccccc8-c8ccccc87)c6)c5)cccc4c32)cc1. The Labute approximate surface area is 406 Å². The second-order valence-electron chi connectivity index (χ2n) is 18.4. The molecular weight excluding hydrogens is 849 g/mol. The van der Waals surface area contributed by atoms with Crippen molar-refractivity contribution in [2.45, 2.75) is 5.41 Å². The average Bonchev–Trinajstić information content (AvgIpc) is 4.08. The van der Waals surface area contributed by atoms with Crippen molar-refractivity contribution >= 4 is 60.8 Å². The summed E-state index contributed by atoms with van der Waals surface area (Å²) in [5.74, 6) is 0. The molecule has 70 heavy (non-hydrogen) atoms. The molecule has 0 atom stereocenters. The number of fused-ring (bicyclic) bond motifs is 9. The van der Waals surface area contributed by atoms with Gasteiger partial charge >= 0.3 is 0 Å². The van der Waals surface area contributed by atoms with Crippen molar-refractivity contribution in [1.29, 1.82) is 0 Å². The van der Waals surface area contributed by atoms with Gasteiger partial charge in [-0.2, -0.15) is 0 Å². The third-order valence-corrected chi connectivity index (χ3v) is 14.7. The van der Waals surface area contributed by atoms with Crippen molar-refractivity contribution in [2.24, 2.45) is 0 Å². The van der Waals surface area contributed by atoms with E-state index in [-0.39, 0.29) is 0 Å². The maximum Gasteiger partial charge on any atom is 0.161 e. The quantitative estimate of drug-likeness (QED) is 0.152. The zero-order chi connectivity index (χ0) is 46.2. The largest absolute Gasteiger partial charge is 0.453 e. The van der Waals surface area contributed by atoms with E-state index >= 15 is 0 Å². The lowest BCUT2D eigenvalue weighted by atomic mass is 9.67. The molecule has 14 rings (SSSR count). The minimum absolute atomic E-state index is 0.544. The van der Waals surface area contributed by atoms with Gasteiger partial charge in [0.15, 0.2) is 5.58 Å². The predicted octanol–water partition coefficient (Wildman–Crippen LogP) is 17.8. The molecule has 2 heterocycles. The summed E-state index contributed by atoms with van der Waals surface area (Å²) in [4.78, 5) is 2.42. The van der Waals surface area contributed by atoms with Gasteiger partial charge in [-0.3, -0.25) is 0 Å². The Hall–Kier alpha value is -9.18. The molecule has 328 valence electrons. The van der Waals surface area contributed by atoms with Gasteiger partial charge in [0.25, 0.3) is 0 Å². The predicted molar refractivity (Wildman–Crippen MR) is 291 cm³/mol. The Kier molecular flexibility index (Phi) is 9.11. The van der Waals surface area contributed by atoms with Crippen molar-refractivity contribution in [3.63, 3.8) is 0 Å². The van der Waals surface area contributed by atoms with E-state index in [1.165, 1.54) is 55.3 Å². The lowest BCUT2D eigenvalue weighted by Crippen LogP contribution is -2.28. The van der Waals surface area contributed by atoms with Crippen LogP contribution in [0, 0.1) is 0 Å². The van der Waals surface area contributed by atoms with Crippen LogP contribution in [-0.4, -0.2) is 4.57 Å². The van der Waals surface area contributed by atoms with E-state index < -0.39 is 5.41 Å². The first kappa shape index (κ1) is 39.9. The van der Waals surface area contributed by atoms with Crippen LogP contribution in [0.2, 0.25) is 0 Å². The first-order valence-electron chi connectivity index (χ1n) is 24.1. The molecule has 0 bridgehead atoms. The van der Waals surface area contributed by atoms with Crippen LogP contribution in [0.4, 0.5) is 17.1 Å². The summed E-state index contributed by atoms with van der Waals surface area (Å²) in [7, 11) is 0. The van der Waals surface area contributed by atoms with Crippen molar-refractivity contribution in [2.75, 3.05) is 4.90 Å². The lowest BCUT2D eigenvalue weighted by Gasteiger charge is -2.35. The molecule has 0 N–H and O–H groups in total. The summed E-state index contributed by atoms with van der Waals surface area (Å²) in [6.07, 6.45) is 0. The molecule has 1 aliphatic rings. The van der Waals surface area contributed by atoms with Crippen LogP contribution in [-0.2, 0) is 5.41 Å². The van der Waals surface area contributed by atoms with Crippen LogP contribution >= 0.6 is 0 Å². The number of para-hydroxylation sites is 3. The number of anilines is 3. The highest BCUT2D eigenvalue weighted by Crippen LogP contribution is 2.57. The monoisotopic (exact) mass is 892 g/mol. The highest BCUT2D eigenvalue weighted by Gasteiger charge is 2.46. The molecule has 2 aromatic heterocycles. The summed E-state index contributed by atoms with van der Waals surface area (Å²) in [6, 6.07) is 97.2. The average molecular weight is 893 g/mol. The van der Waals surface area contributed by atoms with Gasteiger partial charge in [0.1, 0.15) is 11.1 Å². The molecular formula is C67H44N2O. The fraction of sp³-hybridized carbons (Fsp3) is 0.0149. The van der Waals surface area contributed by atoms with Gasteiger partial charge in [0.2, 0.25) is 0 Å². The van der Waals surface area contributed by atoms with E-state index in [1.807, 2.05) is 0 Å². The van der Waals surface area contributed by atoms with E-state index in [9.17, 15) is 0 Å². The Morgan fingerprint density at radius 3 is 1.69 bits per heavy atom. The number of hydrogen-bond acceptors (Lipinski definition) is 2. The molecule has 11 aromatic carbocycles. The minimum Gasteiger partial charge on any atom is -0.453 e. The van der Waals surface area contributed by atoms with Crippen LogP contribution in [0.5, 0.6) is 0 Å². The standard InChI is InChI=1S/C67H44N2O/c1-3-22-48(23-4-1)67(61-36-12-9-30-57(61)58-31-10-13-37-62(58)67)49-24-17-28-53(44-49)68(51-41-39-46(40-42-51)55-33-16-20-45-19-7-8-29-54(45)55)52-27-15-21-47(43-52)56-34-18-35-60-64-66(70-65(56)60)59-32-11-14-38-63(59)69(64)50-25-5-2-6-26-50/h1-44H. The fourth-order valence-corrected chi connectivity index (χ4v) is 11.7. The maximum absolute atomic E-state index is 7.06. The molecule has 0 saturated carbocycles. The van der Waals surface area contributed by atoms with Gasteiger partial charge in [-0.25, -0.2) is 0 Å². The van der Waals surface area contributed by atoms with Crippen LogP contribution in [0.25, 0.3) is 82.8 Å². The third kappa shape index (κ3) is 6.01. The van der Waals surface area contributed by atoms with E-state index in [2.05, 4.69) is 276 Å². The van der Waals surface area contributed by atoms with E-state index in [0.717, 1.165) is 66.8 Å². The Bertz CT molecular complexity index is 4070. The molecule has 1 aliphatic carbocycles. The van der Waals surface area contributed by atoms with Crippen molar-refractivity contribution in [3.05, 3.63) is 289 Å². The van der Waals surface area contributed by atoms with Crippen molar-refractivity contribution in [1.82, 2.24) is 4.57 Å². The van der Waals surface area contributed by atoms with Gasteiger partial charge < -0.3 is 13.9 Å². The van der Waals surface area contributed by atoms with Crippen LogP contribution in [0.15, 0.2) is 271 Å². The topological polar surface area (TPSA) is 21.3 Å². The number of benzene rings is 11. The summed E-state index contributed by atoms with van der Waals surface area (Å²) in [5, 5.41) is 4.65. The summed E-state index contributed by atoms with van der Waals surface area (Å²) >= 11 is 0. The smallest absolute Gasteiger partial charge is 0.161 e. The molecule has 3 heteroatoms. The van der Waals surface area contributed by atoms with Crippen molar-refractivity contribution < 1.29 is 4.42 Å². The zero-order valence-electron chi connectivity index (χ0n) is 38.2. The van der Waals surface area contributed by atoms with Gasteiger partial charge in [-0.1, -0.05) is 200 Å². The van der Waals surface area contributed by atoms with E-state index in [1.54, 1.807) is 0 Å². The van der Waals surface area contributed by atoms with Gasteiger partial charge in [-0.15, -0.1) is 0 Å². The van der Waals surface area contributed by atoms with Crippen LogP contribution in [0.1, 0.15) is 22.3 Å². The molecule has 3 nitrogen and oxygen atoms in total. The summed E-state index contributed by atoms with van der Waals surface area (Å²) < 4.78 is 9.40. The van der Waals surface area contributed by atoms with Gasteiger partial charge in [-0.05, 0) is 128 Å². The normalized spacial score (nSPS) is 12.7. The first-order chi connectivity index (χ1) is 34.7. The number of hydrogen-bond donors (Lipinski definition) is 0. The second kappa shape index (κ2) is 16.0. The molecule has 0 saturated heterocycles. The molecule has 0 radical (unpaired) electrons. The van der Waals surface area contributed by atoms with Crippen LogP contribution in [0.3, 0.4) is 0 Å². The van der Waals surface area contributed by atoms with Crippen molar-refractivity contribution in [3.8, 4) is 39.1 Å². The fourth-order valence-electron chi connectivity index (χ4n) is 11.7. The Morgan fingerprint density at radius 1 is 0.343 bits per heavy atom. The molecule has 0 amide bonds. The lowest BCUT2D eigenvalue weighted by molar-refractivity contribution is 0.674. The van der Waals surface area contributed by atoms with E-state index in [4.69, 9.17) is 4.42 Å². The number of furan rings is 1.